The number of H-pyrrole nitrogens is 4. The first kappa shape index (κ1) is 89.0. The van der Waals surface area contributed by atoms with E-state index in [4.69, 9.17) is 14.2 Å². The zero-order valence-corrected chi connectivity index (χ0v) is 71.5. The normalized spacial score (nSPS) is 18.3. The maximum absolute atomic E-state index is 13.6. The second kappa shape index (κ2) is 39.7. The molecule has 4 fully saturated rings. The van der Waals surface area contributed by atoms with Gasteiger partial charge >= 0.3 is 24.4 Å². The first-order valence-electron chi connectivity index (χ1n) is 41.2. The fourth-order valence-corrected chi connectivity index (χ4v) is 14.7. The number of fused-ring (bicyclic) bond motifs is 2. The predicted octanol–water partition coefficient (Wildman–Crippen LogP) is 18.5. The van der Waals surface area contributed by atoms with Gasteiger partial charge in [-0.2, -0.15) is 0 Å². The second-order valence-electron chi connectivity index (χ2n) is 34.6. The van der Waals surface area contributed by atoms with E-state index < -0.39 is 60.3 Å². The maximum atomic E-state index is 13.6. The highest BCUT2D eigenvalue weighted by molar-refractivity contribution is 5.93. The van der Waals surface area contributed by atoms with Crippen LogP contribution in [0.3, 0.4) is 0 Å². The Hall–Kier alpha value is -11.4. The van der Waals surface area contributed by atoms with Gasteiger partial charge in [0.2, 0.25) is 11.8 Å². The number of aliphatic hydroxyl groups is 2. The number of carboxylic acid groups (broad SMARTS) is 1. The molecular weight excluding hydrogens is 1490 g/mol. The van der Waals surface area contributed by atoms with E-state index in [1.165, 1.54) is 19.1 Å². The van der Waals surface area contributed by atoms with Crippen LogP contribution in [0, 0.1) is 29.6 Å². The molecule has 118 heavy (non-hydrogen) atoms. The molecule has 6 aromatic carbocycles. The largest absolute Gasteiger partial charge is 0.465 e. The van der Waals surface area contributed by atoms with Gasteiger partial charge in [0.25, 0.3) is 0 Å². The first-order valence-corrected chi connectivity index (χ1v) is 41.2. The van der Waals surface area contributed by atoms with Crippen LogP contribution in [0.2, 0.25) is 0 Å². The van der Waals surface area contributed by atoms with Crippen LogP contribution >= 0.6 is 0 Å². The first-order chi connectivity index (χ1) is 56.1. The van der Waals surface area contributed by atoms with Crippen LogP contribution in [-0.4, -0.2) is 181 Å². The highest BCUT2D eigenvalue weighted by Gasteiger charge is 2.43. The predicted molar refractivity (Wildman–Crippen MR) is 461 cm³/mol. The van der Waals surface area contributed by atoms with Gasteiger partial charge in [0.05, 0.1) is 98.2 Å². The van der Waals surface area contributed by atoms with Crippen LogP contribution in [0.15, 0.2) is 146 Å². The van der Waals surface area contributed by atoms with E-state index in [0.29, 0.717) is 43.4 Å². The Kier molecular flexibility index (Phi) is 29.9. The number of nitrogens with zero attached hydrogens (tertiary/aromatic N) is 8. The van der Waals surface area contributed by atoms with Gasteiger partial charge in [0.1, 0.15) is 41.0 Å². The lowest BCUT2D eigenvalue weighted by molar-refractivity contribution is -0.136. The number of nitrogens with one attached hydrogen (secondary N) is 6. The number of imidazole rings is 4. The fourth-order valence-electron chi connectivity index (χ4n) is 14.7. The molecule has 4 saturated heterocycles. The highest BCUT2D eigenvalue weighted by atomic mass is 16.6. The number of aromatic amines is 4. The van der Waals surface area contributed by atoms with Crippen molar-refractivity contribution in [1.82, 2.24) is 70.1 Å². The molecule has 0 saturated carbocycles. The number of β-amino-alcohol motifs (C(OH)–C–C–N with tert-alkyl or cyclic N) is 2. The number of amides is 6. The number of alkyl carbamates (subject to hydrolysis) is 2. The average Bonchev–Trinajstić information content (AvgIpc) is 1.56. The summed E-state index contributed by atoms with van der Waals surface area (Å²) in [6.07, 6.45) is 7.05. The summed E-state index contributed by atoms with van der Waals surface area (Å²) in [4.78, 5) is 114. The van der Waals surface area contributed by atoms with Gasteiger partial charge in [0.15, 0.2) is 0 Å². The number of benzene rings is 6. The molecule has 4 aliphatic rings. The molecule has 26 heteroatoms. The van der Waals surface area contributed by atoms with Gasteiger partial charge in [-0.3, -0.25) is 19.4 Å². The van der Waals surface area contributed by atoms with E-state index in [0.717, 1.165) is 138 Å². The van der Waals surface area contributed by atoms with Gasteiger partial charge in [-0.15, -0.1) is 0 Å². The van der Waals surface area contributed by atoms with Crippen molar-refractivity contribution in [2.75, 3.05) is 40.4 Å². The molecule has 14 rings (SSSR count). The second-order valence-corrected chi connectivity index (χ2v) is 34.6. The molecule has 26 nitrogen and oxygen atoms in total. The molecule has 0 aliphatic carbocycles. The zero-order valence-electron chi connectivity index (χ0n) is 71.5. The number of aliphatic hydroxyl groups excluding tert-OH is 2. The van der Waals surface area contributed by atoms with E-state index in [1.807, 2.05) is 85.0 Å². The van der Waals surface area contributed by atoms with E-state index >= 15 is 0 Å². The molecule has 0 bridgehead atoms. The summed E-state index contributed by atoms with van der Waals surface area (Å²) < 4.78 is 15.1. The lowest BCUT2D eigenvalue weighted by Crippen LogP contribution is -2.51. The van der Waals surface area contributed by atoms with E-state index in [1.54, 1.807) is 33.3 Å². The van der Waals surface area contributed by atoms with Crippen molar-refractivity contribution in [3.63, 3.8) is 0 Å². The SMILES string of the molecule is CC(C)C.CC(C)C.CC(C)C.COC(=O)N[C@H](C(=O)N1C[C@@H](O)C[C@H]1c1ncc(-c2ccc(-c3ccc4cc(-c5cnc([C@@H]6CCCN6C(=O)O)[nH]5)ccc4c3)cc2)[nH]1)C(C)C.COC(=O)N[C@H](C(=O)N1C[C@@H](O)C[C@H]1c1ncc(-c2ccc(-c3ccc4cc(-c5cnc([C@@H]6CCCN6C(=O)OC(C)(C)C)[nH]5)ccc4c3)cc2)[nH]1)C(C)C. The minimum atomic E-state index is -0.919. The lowest BCUT2D eigenvalue weighted by Gasteiger charge is -2.29. The van der Waals surface area contributed by atoms with Crippen LogP contribution < -0.4 is 10.6 Å². The van der Waals surface area contributed by atoms with Crippen molar-refractivity contribution in [3.05, 3.63) is 169 Å². The van der Waals surface area contributed by atoms with Crippen molar-refractivity contribution in [2.24, 2.45) is 29.6 Å². The third-order valence-corrected chi connectivity index (χ3v) is 20.3. The molecule has 9 N–H and O–H groups in total. The third-order valence-electron chi connectivity index (χ3n) is 20.3. The van der Waals surface area contributed by atoms with Gasteiger partial charge in [0, 0.05) is 50.1 Å². The molecule has 8 heterocycles. The van der Waals surface area contributed by atoms with Gasteiger partial charge in [-0.05, 0) is 155 Å². The van der Waals surface area contributed by atoms with Gasteiger partial charge < -0.3 is 69.9 Å². The minimum absolute atomic E-state index is 0.142. The number of methoxy groups -OCH3 is 2. The summed E-state index contributed by atoms with van der Waals surface area (Å²) >= 11 is 0. The van der Waals surface area contributed by atoms with Crippen molar-refractivity contribution < 1.29 is 58.3 Å². The van der Waals surface area contributed by atoms with E-state index in [-0.39, 0.29) is 54.9 Å². The minimum Gasteiger partial charge on any atom is -0.465 e. The summed E-state index contributed by atoms with van der Waals surface area (Å²) in [5.74, 6) is 4.12. The Morgan fingerprint density at radius 3 is 1.03 bits per heavy atom. The van der Waals surface area contributed by atoms with Crippen molar-refractivity contribution in [3.8, 4) is 67.3 Å². The molecule has 0 unspecified atom stereocenters. The molecule has 0 radical (unpaired) electrons. The molecule has 8 atom stereocenters. The Morgan fingerprint density at radius 2 is 0.703 bits per heavy atom. The summed E-state index contributed by atoms with van der Waals surface area (Å²) in [7, 11) is 2.51. The lowest BCUT2D eigenvalue weighted by atomic mass is 9.98. The number of ether oxygens (including phenoxy) is 3. The van der Waals surface area contributed by atoms with Crippen molar-refractivity contribution in [1.29, 1.82) is 0 Å². The molecule has 6 amide bonds. The fraction of sp³-hybridized carbons (Fsp3) is 0.457. The van der Waals surface area contributed by atoms with Crippen molar-refractivity contribution >= 4 is 57.7 Å². The molecule has 10 aromatic rings. The molecule has 630 valence electrons. The van der Waals surface area contributed by atoms with Crippen LogP contribution in [0.4, 0.5) is 19.2 Å². The monoisotopic (exact) mass is 1610 g/mol. The number of carbonyl (C=O) groups is 6. The smallest absolute Gasteiger partial charge is 0.410 e. The number of carbonyl (C=O) groups excluding carboxylic acids is 5. The number of aromatic nitrogens is 8. The Labute approximate surface area is 692 Å². The topological polar surface area (TPSA) is 343 Å². The maximum Gasteiger partial charge on any atom is 0.410 e. The third kappa shape index (κ3) is 22.9. The summed E-state index contributed by atoms with van der Waals surface area (Å²) in [5.41, 5.74) is 10.9. The highest BCUT2D eigenvalue weighted by Crippen LogP contribution is 2.40. The number of rotatable bonds is 16. The average molecular weight is 1610 g/mol. The summed E-state index contributed by atoms with van der Waals surface area (Å²) in [6, 6.07) is 38.8. The molecule has 4 aliphatic heterocycles. The van der Waals surface area contributed by atoms with Crippen molar-refractivity contribution in [2.45, 2.75) is 203 Å². The van der Waals surface area contributed by atoms with Crippen LogP contribution in [-0.2, 0) is 23.8 Å². The van der Waals surface area contributed by atoms with Crippen LogP contribution in [0.25, 0.3) is 88.8 Å². The van der Waals surface area contributed by atoms with E-state index in [2.05, 4.69) is 204 Å². The Balaban J connectivity index is 0.000000219. The summed E-state index contributed by atoms with van der Waals surface area (Å²) in [6.45, 7) is 34.0. The molecule has 4 aromatic heterocycles. The number of hydrogen-bond donors (Lipinski definition) is 9. The van der Waals surface area contributed by atoms with Crippen LogP contribution in [0.1, 0.15) is 197 Å². The van der Waals surface area contributed by atoms with Gasteiger partial charge in [-0.25, -0.2) is 39.1 Å². The molecular formula is C92H120N14O12. The quantitative estimate of drug-likeness (QED) is 0.0406. The van der Waals surface area contributed by atoms with Crippen LogP contribution in [0.5, 0.6) is 0 Å². The Morgan fingerprint density at radius 1 is 0.415 bits per heavy atom. The number of hydrogen-bond acceptors (Lipinski definition) is 15. The summed E-state index contributed by atoms with van der Waals surface area (Å²) in [5, 5.41) is 40.2. The zero-order chi connectivity index (χ0) is 85.6. The molecule has 0 spiro atoms. The van der Waals surface area contributed by atoms with E-state index in [9.17, 15) is 44.1 Å². The standard InChI is InChI=1S/C42H49N7O6.C38H41N7O6.3C4H10/c1-24(2)36(47-40(52)54-6)39(51)49-23-31(50)20-35(49)38-44-21-32(45-38)26-11-9-25(10-12-26)27-13-14-29-19-30(16-15-28(29)18-27)33-22-43-37(46-33)34-8-7-17-48(34)41(53)55-42(3,4)5;1-21(2)33(43-37(48)51-3)36(47)45-20-28(46)17-32(45)35-40-18-29(41-35)23-8-6-22(7-9-23)24-10-11-26-16-27(13-12-25(26)15-24)30-19-39-34(42-30)31-5-4-14-44(31)38(49)50;3*1-4(2)3/h9-16,18-19,21-22,24,31,34-36,50H,7-8,17,20,23H2,1-6H3,(H,43,46)(H,44,45)(H,47,52);6-13,15-16,18-19,21,28,31-33,46H,4-5,14,17,20H2,1-3H3,(H,39,42)(H,40,41)(H,43,48)(H,49,50);3*4H,1-3H3/t31-,34-,35-,36-;28-,31-,32-,33-;;;/m00.../s1. The number of likely N-dealkylation sites (tertiary alicyclic amines) is 4. The van der Waals surface area contributed by atoms with Gasteiger partial charge in [-0.1, -0.05) is 187 Å². The Bertz CT molecular complexity index is 5010.